The molecule has 0 radical (unpaired) electrons. The van der Waals surface area contributed by atoms with E-state index in [2.05, 4.69) is 4.98 Å². The van der Waals surface area contributed by atoms with Gasteiger partial charge in [0.05, 0.1) is 5.56 Å². The van der Waals surface area contributed by atoms with Gasteiger partial charge in [-0.25, -0.2) is 14.2 Å². The lowest BCUT2D eigenvalue weighted by Gasteiger charge is -2.10. The number of hydrogen-bond donors (Lipinski definition) is 1. The van der Waals surface area contributed by atoms with Crippen LogP contribution >= 0.6 is 11.8 Å². The maximum absolute atomic E-state index is 13.1. The SMILES string of the molecule is Cc1cc(C)c(C(=O)O)c(SCc2ccc(F)cc2C)n1. The van der Waals surface area contributed by atoms with Crippen molar-refractivity contribution in [3.05, 3.63) is 58.0 Å². The number of thioether (sulfide) groups is 1. The fourth-order valence-electron chi connectivity index (χ4n) is 2.13. The molecule has 1 heterocycles. The van der Waals surface area contributed by atoms with Gasteiger partial charge in [0.2, 0.25) is 0 Å². The van der Waals surface area contributed by atoms with Crippen molar-refractivity contribution in [2.75, 3.05) is 0 Å². The zero-order valence-corrected chi connectivity index (χ0v) is 12.9. The highest BCUT2D eigenvalue weighted by Gasteiger charge is 2.16. The van der Waals surface area contributed by atoms with Gasteiger partial charge in [-0.05, 0) is 55.7 Å². The Balaban J connectivity index is 2.29. The smallest absolute Gasteiger partial charge is 0.338 e. The Kier molecular flexibility index (Phi) is 4.63. The Labute approximate surface area is 127 Å². The summed E-state index contributed by atoms with van der Waals surface area (Å²) in [6.45, 7) is 5.45. The van der Waals surface area contributed by atoms with Crippen LogP contribution in [0, 0.1) is 26.6 Å². The van der Waals surface area contributed by atoms with Crippen molar-refractivity contribution >= 4 is 17.7 Å². The van der Waals surface area contributed by atoms with Gasteiger partial charge in [0.1, 0.15) is 10.8 Å². The number of aryl methyl sites for hydroxylation is 3. The molecular weight excluding hydrogens is 289 g/mol. The molecule has 2 aromatic rings. The summed E-state index contributed by atoms with van der Waals surface area (Å²) in [7, 11) is 0. The first kappa shape index (κ1) is 15.5. The van der Waals surface area contributed by atoms with Crippen LogP contribution in [0.3, 0.4) is 0 Å². The van der Waals surface area contributed by atoms with Crippen molar-refractivity contribution in [1.82, 2.24) is 4.98 Å². The molecular formula is C16H16FNO2S. The van der Waals surface area contributed by atoms with Crippen molar-refractivity contribution in [3.8, 4) is 0 Å². The van der Waals surface area contributed by atoms with Crippen molar-refractivity contribution in [3.63, 3.8) is 0 Å². The minimum absolute atomic E-state index is 0.241. The van der Waals surface area contributed by atoms with Crippen molar-refractivity contribution in [2.24, 2.45) is 0 Å². The lowest BCUT2D eigenvalue weighted by molar-refractivity contribution is 0.0691. The molecule has 21 heavy (non-hydrogen) atoms. The minimum Gasteiger partial charge on any atom is -0.478 e. The summed E-state index contributed by atoms with van der Waals surface area (Å²) in [4.78, 5) is 15.7. The molecule has 0 fully saturated rings. The standard InChI is InChI=1S/C16H16FNO2S/c1-9-7-13(17)5-4-12(9)8-21-15-14(16(19)20)10(2)6-11(3)18-15/h4-7H,8H2,1-3H3,(H,19,20). The van der Waals surface area contributed by atoms with E-state index in [1.807, 2.05) is 13.8 Å². The van der Waals surface area contributed by atoms with E-state index in [0.29, 0.717) is 16.3 Å². The van der Waals surface area contributed by atoms with Gasteiger partial charge in [-0.2, -0.15) is 0 Å². The first-order chi connectivity index (χ1) is 9.88. The molecule has 0 spiro atoms. The third-order valence-electron chi connectivity index (χ3n) is 3.19. The largest absolute Gasteiger partial charge is 0.478 e. The first-order valence-corrected chi connectivity index (χ1v) is 7.46. The van der Waals surface area contributed by atoms with Crippen molar-refractivity contribution < 1.29 is 14.3 Å². The second-order valence-corrected chi connectivity index (χ2v) is 5.89. The summed E-state index contributed by atoms with van der Waals surface area (Å²) >= 11 is 1.36. The van der Waals surface area contributed by atoms with E-state index in [0.717, 1.165) is 16.8 Å². The fourth-order valence-corrected chi connectivity index (χ4v) is 3.35. The number of carbonyl (C=O) groups is 1. The highest BCUT2D eigenvalue weighted by molar-refractivity contribution is 7.98. The average molecular weight is 305 g/mol. The molecule has 2 rings (SSSR count). The number of pyridine rings is 1. The van der Waals surface area contributed by atoms with E-state index in [9.17, 15) is 14.3 Å². The van der Waals surface area contributed by atoms with Crippen LogP contribution in [-0.4, -0.2) is 16.1 Å². The molecule has 1 N–H and O–H groups in total. The van der Waals surface area contributed by atoms with E-state index in [4.69, 9.17) is 0 Å². The molecule has 0 aliphatic rings. The van der Waals surface area contributed by atoms with E-state index < -0.39 is 5.97 Å². The van der Waals surface area contributed by atoms with Crippen LogP contribution in [-0.2, 0) is 5.75 Å². The monoisotopic (exact) mass is 305 g/mol. The maximum atomic E-state index is 13.1. The first-order valence-electron chi connectivity index (χ1n) is 6.48. The quantitative estimate of drug-likeness (QED) is 0.863. The van der Waals surface area contributed by atoms with Crippen LogP contribution in [0.4, 0.5) is 4.39 Å². The highest BCUT2D eigenvalue weighted by atomic mass is 32.2. The highest BCUT2D eigenvalue weighted by Crippen LogP contribution is 2.28. The fraction of sp³-hybridized carbons (Fsp3) is 0.250. The molecule has 0 unspecified atom stereocenters. The summed E-state index contributed by atoms with van der Waals surface area (Å²) < 4.78 is 13.1. The summed E-state index contributed by atoms with van der Waals surface area (Å²) in [5.41, 5.74) is 3.55. The lowest BCUT2D eigenvalue weighted by atomic mass is 10.1. The molecule has 0 bridgehead atoms. The summed E-state index contributed by atoms with van der Waals surface area (Å²) in [5.74, 6) is -0.683. The predicted octanol–water partition coefficient (Wildman–Crippen LogP) is 4.14. The Morgan fingerprint density at radius 1 is 1.24 bits per heavy atom. The maximum Gasteiger partial charge on any atom is 0.338 e. The Bertz CT molecular complexity index is 701. The number of nitrogens with zero attached hydrogens (tertiary/aromatic N) is 1. The van der Waals surface area contributed by atoms with Gasteiger partial charge in [-0.1, -0.05) is 6.07 Å². The number of aromatic carboxylic acids is 1. The molecule has 3 nitrogen and oxygen atoms in total. The molecule has 1 aromatic carbocycles. The van der Waals surface area contributed by atoms with Crippen molar-refractivity contribution in [2.45, 2.75) is 31.6 Å². The molecule has 0 amide bonds. The van der Waals surface area contributed by atoms with Gasteiger partial charge in [0.25, 0.3) is 0 Å². The van der Waals surface area contributed by atoms with Gasteiger partial charge in [0.15, 0.2) is 0 Å². The van der Waals surface area contributed by atoms with Gasteiger partial charge in [0, 0.05) is 11.4 Å². The zero-order valence-electron chi connectivity index (χ0n) is 12.1. The molecule has 5 heteroatoms. The van der Waals surface area contributed by atoms with E-state index in [-0.39, 0.29) is 11.4 Å². The zero-order chi connectivity index (χ0) is 15.6. The summed E-state index contributed by atoms with van der Waals surface area (Å²) in [5, 5.41) is 9.83. The number of carboxylic acids is 1. The number of benzene rings is 1. The van der Waals surface area contributed by atoms with E-state index in [1.54, 1.807) is 19.1 Å². The molecule has 0 aliphatic carbocycles. The molecule has 0 saturated carbocycles. The molecule has 110 valence electrons. The number of hydrogen-bond acceptors (Lipinski definition) is 3. The topological polar surface area (TPSA) is 50.2 Å². The van der Waals surface area contributed by atoms with Crippen LogP contribution in [0.5, 0.6) is 0 Å². The molecule has 0 saturated heterocycles. The van der Waals surface area contributed by atoms with Crippen LogP contribution in [0.1, 0.15) is 32.7 Å². The minimum atomic E-state index is -0.974. The summed E-state index contributed by atoms with van der Waals surface area (Å²) in [6.07, 6.45) is 0. The predicted molar refractivity (Wildman–Crippen MR) is 81.4 cm³/mol. The Morgan fingerprint density at radius 3 is 2.57 bits per heavy atom. The Hall–Kier alpha value is -1.88. The van der Waals surface area contributed by atoms with Crippen molar-refractivity contribution in [1.29, 1.82) is 0 Å². The lowest BCUT2D eigenvalue weighted by Crippen LogP contribution is -2.05. The van der Waals surface area contributed by atoms with E-state index in [1.165, 1.54) is 23.9 Å². The van der Waals surface area contributed by atoms with Gasteiger partial charge < -0.3 is 5.11 Å². The molecule has 0 atom stereocenters. The molecule has 1 aromatic heterocycles. The number of aromatic nitrogens is 1. The van der Waals surface area contributed by atoms with Gasteiger partial charge in [-0.3, -0.25) is 0 Å². The number of rotatable bonds is 4. The van der Waals surface area contributed by atoms with Crippen LogP contribution in [0.25, 0.3) is 0 Å². The van der Waals surface area contributed by atoms with E-state index >= 15 is 0 Å². The van der Waals surface area contributed by atoms with Crippen LogP contribution < -0.4 is 0 Å². The number of halogens is 1. The molecule has 0 aliphatic heterocycles. The Morgan fingerprint density at radius 2 is 1.95 bits per heavy atom. The van der Waals surface area contributed by atoms with Crippen LogP contribution in [0.15, 0.2) is 29.3 Å². The van der Waals surface area contributed by atoms with Gasteiger partial charge >= 0.3 is 5.97 Å². The summed E-state index contributed by atoms with van der Waals surface area (Å²) in [6, 6.07) is 6.37. The average Bonchev–Trinajstić information content (AvgIpc) is 2.36. The van der Waals surface area contributed by atoms with Crippen LogP contribution in [0.2, 0.25) is 0 Å². The third kappa shape index (κ3) is 3.61. The second-order valence-electron chi connectivity index (χ2n) is 4.93. The number of carboxylic acid groups (broad SMARTS) is 1. The normalized spacial score (nSPS) is 10.7. The second kappa shape index (κ2) is 6.26. The third-order valence-corrected chi connectivity index (χ3v) is 4.22. The van der Waals surface area contributed by atoms with Gasteiger partial charge in [-0.15, -0.1) is 11.8 Å².